The van der Waals surface area contributed by atoms with E-state index in [1.54, 1.807) is 0 Å². The molecule has 2 aromatic carbocycles. The average Bonchev–Trinajstić information content (AvgIpc) is 2.56. The van der Waals surface area contributed by atoms with Gasteiger partial charge in [0.15, 0.2) is 0 Å². The fourth-order valence-electron chi connectivity index (χ4n) is 3.28. The van der Waals surface area contributed by atoms with E-state index in [4.69, 9.17) is 4.74 Å². The highest BCUT2D eigenvalue weighted by Crippen LogP contribution is 2.34. The van der Waals surface area contributed by atoms with Crippen molar-refractivity contribution in [3.63, 3.8) is 0 Å². The van der Waals surface area contributed by atoms with Crippen molar-refractivity contribution in [2.75, 3.05) is 33.2 Å². The Morgan fingerprint density at radius 3 is 2.35 bits per heavy atom. The maximum Gasteiger partial charge on any atom is 0.134 e. The predicted octanol–water partition coefficient (Wildman–Crippen LogP) is 3.62. The van der Waals surface area contributed by atoms with Gasteiger partial charge in [-0.05, 0) is 25.3 Å². The second-order valence-electron chi connectivity index (χ2n) is 6.35. The van der Waals surface area contributed by atoms with Crippen LogP contribution in [0.3, 0.4) is 0 Å². The smallest absolute Gasteiger partial charge is 0.134 e. The van der Waals surface area contributed by atoms with Crippen LogP contribution in [0.2, 0.25) is 0 Å². The molecule has 0 amide bonds. The molecule has 0 N–H and O–H groups in total. The van der Waals surface area contributed by atoms with Gasteiger partial charge in [0.05, 0.1) is 0 Å². The van der Waals surface area contributed by atoms with Crippen molar-refractivity contribution in [1.82, 2.24) is 9.80 Å². The first-order valence-corrected chi connectivity index (χ1v) is 8.28. The Morgan fingerprint density at radius 1 is 0.826 bits per heavy atom. The molecule has 1 fully saturated rings. The summed E-state index contributed by atoms with van der Waals surface area (Å²) in [4.78, 5) is 4.92. The van der Waals surface area contributed by atoms with Gasteiger partial charge in [-0.3, -0.25) is 0 Å². The minimum absolute atomic E-state index is 0.925. The number of hydrogen-bond donors (Lipinski definition) is 0. The van der Waals surface area contributed by atoms with Crippen molar-refractivity contribution in [1.29, 1.82) is 0 Å². The number of likely N-dealkylation sites (N-methyl/N-ethyl adjacent to an activating group) is 1. The van der Waals surface area contributed by atoms with Crippen LogP contribution in [0.4, 0.5) is 0 Å². The second kappa shape index (κ2) is 6.09. The molecule has 23 heavy (non-hydrogen) atoms. The first kappa shape index (κ1) is 14.3. The molecule has 3 nitrogen and oxygen atoms in total. The zero-order chi connectivity index (χ0) is 15.6. The van der Waals surface area contributed by atoms with Crippen molar-refractivity contribution < 1.29 is 4.74 Å². The maximum absolute atomic E-state index is 6.16. The first-order valence-electron chi connectivity index (χ1n) is 8.28. The van der Waals surface area contributed by atoms with Crippen LogP contribution in [0.25, 0.3) is 6.08 Å². The summed E-state index contributed by atoms with van der Waals surface area (Å²) in [7, 11) is 2.20. The minimum atomic E-state index is 0.925. The standard InChI is InChI=1S/C20H22N2O/c1-21-10-12-22(13-11-21)18-14-16-6-2-4-8-19(16)23-20-9-5-3-7-17(20)15-18/h2-9,14H,10-13,15H2,1H3. The molecule has 2 aromatic rings. The Hall–Kier alpha value is -2.26. The number of ether oxygens (including phenoxy) is 1. The highest BCUT2D eigenvalue weighted by Gasteiger charge is 2.20. The van der Waals surface area contributed by atoms with E-state index in [2.05, 4.69) is 59.3 Å². The van der Waals surface area contributed by atoms with Crippen LogP contribution in [0, 0.1) is 0 Å². The number of fused-ring (bicyclic) bond motifs is 2. The SMILES string of the molecule is CN1CCN(C2=Cc3ccccc3Oc3ccccc3C2)CC1. The van der Waals surface area contributed by atoms with Crippen molar-refractivity contribution in [2.45, 2.75) is 6.42 Å². The van der Waals surface area contributed by atoms with Gasteiger partial charge >= 0.3 is 0 Å². The van der Waals surface area contributed by atoms with Gasteiger partial charge in [-0.2, -0.15) is 0 Å². The van der Waals surface area contributed by atoms with Crippen molar-refractivity contribution in [3.8, 4) is 11.5 Å². The lowest BCUT2D eigenvalue weighted by Gasteiger charge is -2.36. The average molecular weight is 306 g/mol. The van der Waals surface area contributed by atoms with Crippen LogP contribution in [-0.2, 0) is 6.42 Å². The van der Waals surface area contributed by atoms with Crippen LogP contribution in [0.5, 0.6) is 11.5 Å². The van der Waals surface area contributed by atoms with Gasteiger partial charge in [-0.1, -0.05) is 36.4 Å². The quantitative estimate of drug-likeness (QED) is 0.800. The molecule has 0 saturated carbocycles. The lowest BCUT2D eigenvalue weighted by atomic mass is 10.0. The molecule has 2 aliphatic rings. The Kier molecular flexibility index (Phi) is 3.80. The third-order valence-corrected chi connectivity index (χ3v) is 4.71. The molecule has 3 heteroatoms. The number of rotatable bonds is 1. The summed E-state index contributed by atoms with van der Waals surface area (Å²) in [6.45, 7) is 4.43. The summed E-state index contributed by atoms with van der Waals surface area (Å²) in [5.41, 5.74) is 3.81. The zero-order valence-electron chi connectivity index (χ0n) is 13.5. The molecule has 0 radical (unpaired) electrons. The lowest BCUT2D eigenvalue weighted by molar-refractivity contribution is 0.185. The summed E-state index contributed by atoms with van der Waals surface area (Å²) < 4.78 is 6.16. The van der Waals surface area contributed by atoms with E-state index >= 15 is 0 Å². The third kappa shape index (κ3) is 2.97. The van der Waals surface area contributed by atoms with Gasteiger partial charge in [-0.25, -0.2) is 0 Å². The van der Waals surface area contributed by atoms with Gasteiger partial charge in [0, 0.05) is 49.4 Å². The summed E-state index contributed by atoms with van der Waals surface area (Å²) in [5, 5.41) is 0. The highest BCUT2D eigenvalue weighted by molar-refractivity contribution is 5.62. The van der Waals surface area contributed by atoms with Crippen molar-refractivity contribution in [3.05, 3.63) is 65.4 Å². The molecule has 0 bridgehead atoms. The summed E-state index contributed by atoms with van der Waals surface area (Å²) >= 11 is 0. The number of nitrogens with zero attached hydrogens (tertiary/aromatic N) is 2. The largest absolute Gasteiger partial charge is 0.456 e. The van der Waals surface area contributed by atoms with Gasteiger partial charge < -0.3 is 14.5 Å². The van der Waals surface area contributed by atoms with E-state index in [0.717, 1.165) is 49.7 Å². The molecule has 0 unspecified atom stereocenters. The zero-order valence-corrected chi connectivity index (χ0v) is 13.5. The lowest BCUT2D eigenvalue weighted by Crippen LogP contribution is -2.44. The van der Waals surface area contributed by atoms with Gasteiger partial charge in [0.25, 0.3) is 0 Å². The maximum atomic E-state index is 6.16. The Labute approximate surface area is 137 Å². The van der Waals surface area contributed by atoms with Crippen LogP contribution < -0.4 is 4.74 Å². The third-order valence-electron chi connectivity index (χ3n) is 4.71. The molecule has 4 rings (SSSR count). The Balaban J connectivity index is 1.76. The summed E-state index contributed by atoms with van der Waals surface area (Å²) in [5.74, 6) is 1.91. The molecule has 1 saturated heterocycles. The van der Waals surface area contributed by atoms with Crippen LogP contribution in [-0.4, -0.2) is 43.0 Å². The van der Waals surface area contributed by atoms with E-state index in [0.29, 0.717) is 0 Å². The fourth-order valence-corrected chi connectivity index (χ4v) is 3.28. The predicted molar refractivity (Wildman–Crippen MR) is 93.7 cm³/mol. The van der Waals surface area contributed by atoms with Crippen LogP contribution in [0.1, 0.15) is 11.1 Å². The monoisotopic (exact) mass is 306 g/mol. The van der Waals surface area contributed by atoms with Crippen LogP contribution >= 0.6 is 0 Å². The summed E-state index contributed by atoms with van der Waals surface area (Å²) in [6.07, 6.45) is 3.23. The first-order chi connectivity index (χ1) is 11.3. The van der Waals surface area contributed by atoms with E-state index < -0.39 is 0 Å². The molecule has 118 valence electrons. The summed E-state index contributed by atoms with van der Waals surface area (Å²) in [6, 6.07) is 16.7. The van der Waals surface area contributed by atoms with Gasteiger partial charge in [0.1, 0.15) is 11.5 Å². The molecule has 0 aromatic heterocycles. The number of piperazine rings is 1. The minimum Gasteiger partial charge on any atom is -0.456 e. The van der Waals surface area contributed by atoms with E-state index in [1.165, 1.54) is 11.3 Å². The van der Waals surface area contributed by atoms with Crippen molar-refractivity contribution >= 4 is 6.08 Å². The number of allylic oxidation sites excluding steroid dienone is 1. The van der Waals surface area contributed by atoms with E-state index in [1.807, 2.05) is 12.1 Å². The van der Waals surface area contributed by atoms with Gasteiger partial charge in [-0.15, -0.1) is 0 Å². The molecular formula is C20H22N2O. The fraction of sp³-hybridized carbons (Fsp3) is 0.300. The Morgan fingerprint density at radius 2 is 1.52 bits per heavy atom. The van der Waals surface area contributed by atoms with Gasteiger partial charge in [0.2, 0.25) is 0 Å². The molecular weight excluding hydrogens is 284 g/mol. The molecule has 2 aliphatic heterocycles. The molecule has 0 spiro atoms. The molecule has 0 aliphatic carbocycles. The number of benzene rings is 2. The molecule has 0 atom stereocenters. The van der Waals surface area contributed by atoms with Crippen LogP contribution in [0.15, 0.2) is 54.2 Å². The normalized spacial score (nSPS) is 18.1. The van der Waals surface area contributed by atoms with E-state index in [-0.39, 0.29) is 0 Å². The number of para-hydroxylation sites is 2. The Bertz CT molecular complexity index is 730. The van der Waals surface area contributed by atoms with E-state index in [9.17, 15) is 0 Å². The van der Waals surface area contributed by atoms with Crippen molar-refractivity contribution in [2.24, 2.45) is 0 Å². The number of hydrogen-bond acceptors (Lipinski definition) is 3. The molecule has 2 heterocycles. The topological polar surface area (TPSA) is 15.7 Å². The highest BCUT2D eigenvalue weighted by atomic mass is 16.5. The second-order valence-corrected chi connectivity index (χ2v) is 6.35.